The molecule has 2 rings (SSSR count). The van der Waals surface area contributed by atoms with E-state index in [0.717, 1.165) is 25.8 Å². The lowest BCUT2D eigenvalue weighted by molar-refractivity contribution is 0.487. The Morgan fingerprint density at radius 1 is 1.33 bits per heavy atom. The Labute approximate surface area is 110 Å². The zero-order valence-electron chi connectivity index (χ0n) is 10.9. The first-order chi connectivity index (χ1) is 8.61. The second-order valence-electron chi connectivity index (χ2n) is 4.99. The predicted octanol–water partition coefficient (Wildman–Crippen LogP) is 2.49. The van der Waals surface area contributed by atoms with E-state index in [1.54, 1.807) is 6.92 Å². The highest BCUT2D eigenvalue weighted by atomic mass is 32.2. The summed E-state index contributed by atoms with van der Waals surface area (Å²) in [6, 6.07) is 8.36. The van der Waals surface area contributed by atoms with Crippen molar-refractivity contribution in [2.24, 2.45) is 5.92 Å². The summed E-state index contributed by atoms with van der Waals surface area (Å²) >= 11 is 0. The lowest BCUT2D eigenvalue weighted by Gasteiger charge is -2.26. The van der Waals surface area contributed by atoms with Crippen molar-refractivity contribution in [3.05, 3.63) is 29.8 Å². The van der Waals surface area contributed by atoms with E-state index >= 15 is 0 Å². The summed E-state index contributed by atoms with van der Waals surface area (Å²) in [4.78, 5) is 0. The van der Waals surface area contributed by atoms with Crippen LogP contribution >= 0.6 is 0 Å². The van der Waals surface area contributed by atoms with Crippen LogP contribution < -0.4 is 5.32 Å². The number of hydrogen-bond donors (Lipinski definition) is 1. The van der Waals surface area contributed by atoms with Gasteiger partial charge in [0.2, 0.25) is 0 Å². The Kier molecular flexibility index (Phi) is 4.27. The van der Waals surface area contributed by atoms with Crippen LogP contribution in [0, 0.1) is 5.92 Å². The van der Waals surface area contributed by atoms with Gasteiger partial charge < -0.3 is 5.32 Å². The van der Waals surface area contributed by atoms with Gasteiger partial charge >= 0.3 is 0 Å². The molecular formula is C14H21NO2S. The van der Waals surface area contributed by atoms with Crippen LogP contribution in [0.15, 0.2) is 24.3 Å². The van der Waals surface area contributed by atoms with E-state index < -0.39 is 9.84 Å². The minimum atomic E-state index is -2.80. The van der Waals surface area contributed by atoms with Crippen molar-refractivity contribution in [3.8, 4) is 0 Å². The van der Waals surface area contributed by atoms with Crippen LogP contribution in [0.3, 0.4) is 0 Å². The third-order valence-electron chi connectivity index (χ3n) is 3.61. The number of hydrogen-bond acceptors (Lipinski definition) is 3. The van der Waals surface area contributed by atoms with Crippen molar-refractivity contribution < 1.29 is 8.42 Å². The molecule has 1 aliphatic heterocycles. The molecule has 0 amide bonds. The fourth-order valence-electron chi connectivity index (χ4n) is 2.45. The van der Waals surface area contributed by atoms with Gasteiger partial charge in [-0.25, -0.2) is 8.42 Å². The Hall–Kier alpha value is -1.03. The van der Waals surface area contributed by atoms with Gasteiger partial charge in [-0.2, -0.15) is 0 Å². The van der Waals surface area contributed by atoms with E-state index in [1.165, 1.54) is 11.3 Å². The van der Waals surface area contributed by atoms with Gasteiger partial charge in [0.15, 0.2) is 0 Å². The number of sulfone groups is 1. The largest absolute Gasteiger partial charge is 0.385 e. The smallest absolute Gasteiger partial charge is 0.150 e. The van der Waals surface area contributed by atoms with Crippen molar-refractivity contribution >= 4 is 15.5 Å². The van der Waals surface area contributed by atoms with Crippen molar-refractivity contribution in [3.63, 3.8) is 0 Å². The van der Waals surface area contributed by atoms with E-state index in [9.17, 15) is 8.42 Å². The summed E-state index contributed by atoms with van der Waals surface area (Å²) in [5, 5.41) is 3.42. The summed E-state index contributed by atoms with van der Waals surface area (Å²) in [5.74, 6) is 1.16. The standard InChI is InChI=1S/C14H21NO2S/c1-2-18(16,17)9-5-6-12-10-13-7-3-4-8-14(13)15-11-12/h3-4,7-8,12,15H,2,5-6,9-11H2,1H3. The van der Waals surface area contributed by atoms with Crippen molar-refractivity contribution in [2.45, 2.75) is 26.2 Å². The average molecular weight is 267 g/mol. The maximum Gasteiger partial charge on any atom is 0.150 e. The van der Waals surface area contributed by atoms with Crippen LogP contribution in [0.5, 0.6) is 0 Å². The lowest BCUT2D eigenvalue weighted by atomic mass is 9.91. The zero-order valence-corrected chi connectivity index (χ0v) is 11.7. The van der Waals surface area contributed by atoms with Crippen LogP contribution in [0.2, 0.25) is 0 Å². The maximum atomic E-state index is 11.4. The van der Waals surface area contributed by atoms with Gasteiger partial charge in [0.1, 0.15) is 9.84 Å². The van der Waals surface area contributed by atoms with Gasteiger partial charge in [-0.1, -0.05) is 25.1 Å². The Morgan fingerprint density at radius 2 is 2.11 bits per heavy atom. The first-order valence-electron chi connectivity index (χ1n) is 6.63. The van der Waals surface area contributed by atoms with Crippen molar-refractivity contribution in [2.75, 3.05) is 23.4 Å². The Balaban J connectivity index is 1.84. The fourth-order valence-corrected chi connectivity index (χ4v) is 3.34. The van der Waals surface area contributed by atoms with Crippen LogP contribution in [-0.2, 0) is 16.3 Å². The quantitative estimate of drug-likeness (QED) is 0.891. The number of anilines is 1. The molecule has 1 heterocycles. The first-order valence-corrected chi connectivity index (χ1v) is 8.45. The first kappa shape index (κ1) is 13.4. The monoisotopic (exact) mass is 267 g/mol. The van der Waals surface area contributed by atoms with Gasteiger partial charge in [0, 0.05) is 18.0 Å². The van der Waals surface area contributed by atoms with Crippen LogP contribution in [0.4, 0.5) is 5.69 Å². The van der Waals surface area contributed by atoms with Crippen molar-refractivity contribution in [1.82, 2.24) is 0 Å². The summed E-state index contributed by atoms with van der Waals surface area (Å²) in [6.07, 6.45) is 2.83. The van der Waals surface area contributed by atoms with E-state index in [2.05, 4.69) is 23.5 Å². The molecule has 1 aromatic rings. The minimum Gasteiger partial charge on any atom is -0.385 e. The molecule has 3 nitrogen and oxygen atoms in total. The summed E-state index contributed by atoms with van der Waals surface area (Å²) in [7, 11) is -2.80. The highest BCUT2D eigenvalue weighted by molar-refractivity contribution is 7.91. The van der Waals surface area contributed by atoms with Gasteiger partial charge in [-0.05, 0) is 36.8 Å². The molecule has 0 aliphatic carbocycles. The van der Waals surface area contributed by atoms with Crippen molar-refractivity contribution in [1.29, 1.82) is 0 Å². The molecule has 1 aliphatic rings. The van der Waals surface area contributed by atoms with Gasteiger partial charge in [0.05, 0.1) is 5.75 Å². The normalized spacial score (nSPS) is 19.1. The molecule has 0 aromatic heterocycles. The maximum absolute atomic E-state index is 11.4. The lowest BCUT2D eigenvalue weighted by Crippen LogP contribution is -2.23. The third-order valence-corrected chi connectivity index (χ3v) is 5.41. The molecule has 1 unspecified atom stereocenters. The van der Waals surface area contributed by atoms with E-state index in [-0.39, 0.29) is 5.75 Å². The highest BCUT2D eigenvalue weighted by Crippen LogP contribution is 2.26. The molecule has 4 heteroatoms. The molecule has 100 valence electrons. The fraction of sp³-hybridized carbons (Fsp3) is 0.571. The number of rotatable bonds is 5. The van der Waals surface area contributed by atoms with E-state index in [4.69, 9.17) is 0 Å². The van der Waals surface area contributed by atoms with Gasteiger partial charge in [-0.3, -0.25) is 0 Å². The van der Waals surface area contributed by atoms with E-state index in [0.29, 0.717) is 11.7 Å². The number of benzene rings is 1. The molecule has 0 fully saturated rings. The molecule has 0 saturated heterocycles. The molecule has 1 aromatic carbocycles. The summed E-state index contributed by atoms with van der Waals surface area (Å²) in [6.45, 7) is 2.68. The van der Waals surface area contributed by atoms with Crippen LogP contribution in [0.1, 0.15) is 25.3 Å². The molecule has 0 saturated carbocycles. The number of fused-ring (bicyclic) bond motifs is 1. The van der Waals surface area contributed by atoms with Gasteiger partial charge in [0.25, 0.3) is 0 Å². The molecule has 0 spiro atoms. The SMILES string of the molecule is CCS(=O)(=O)CCCC1CNc2ccccc2C1. The molecule has 18 heavy (non-hydrogen) atoms. The molecular weight excluding hydrogens is 246 g/mol. The Bertz CT molecular complexity index is 496. The minimum absolute atomic E-state index is 0.263. The molecule has 1 N–H and O–H groups in total. The Morgan fingerprint density at radius 3 is 2.89 bits per heavy atom. The average Bonchev–Trinajstić information content (AvgIpc) is 2.38. The second kappa shape index (κ2) is 5.74. The van der Waals surface area contributed by atoms with Crippen LogP contribution in [-0.4, -0.2) is 26.5 Å². The van der Waals surface area contributed by atoms with Crippen LogP contribution in [0.25, 0.3) is 0 Å². The molecule has 0 radical (unpaired) electrons. The highest BCUT2D eigenvalue weighted by Gasteiger charge is 2.18. The zero-order chi connectivity index (χ0) is 13.0. The summed E-state index contributed by atoms with van der Waals surface area (Å²) < 4.78 is 22.8. The third kappa shape index (κ3) is 3.48. The second-order valence-corrected chi connectivity index (χ2v) is 7.46. The predicted molar refractivity (Wildman–Crippen MR) is 75.7 cm³/mol. The molecule has 1 atom stereocenters. The number of nitrogens with one attached hydrogen (secondary N) is 1. The van der Waals surface area contributed by atoms with Gasteiger partial charge in [-0.15, -0.1) is 0 Å². The number of para-hydroxylation sites is 1. The van der Waals surface area contributed by atoms with E-state index in [1.807, 2.05) is 6.07 Å². The molecule has 0 bridgehead atoms. The summed E-state index contributed by atoms with van der Waals surface area (Å²) in [5.41, 5.74) is 2.59. The topological polar surface area (TPSA) is 46.2 Å².